The molecule has 2 unspecified atom stereocenters. The molecule has 1 aliphatic heterocycles. The molecule has 31 heavy (non-hydrogen) atoms. The van der Waals surface area contributed by atoms with Crippen molar-refractivity contribution in [2.45, 2.75) is 24.4 Å². The number of aromatic nitrogens is 3. The number of pyridine rings is 1. The highest BCUT2D eigenvalue weighted by Crippen LogP contribution is 2.49. The number of halogens is 4. The molecule has 12 heteroatoms. The molecule has 0 saturated carbocycles. The van der Waals surface area contributed by atoms with Crippen molar-refractivity contribution < 1.29 is 8.78 Å². The van der Waals surface area contributed by atoms with Crippen LogP contribution in [0.3, 0.4) is 0 Å². The van der Waals surface area contributed by atoms with Crippen molar-refractivity contribution in [2.24, 2.45) is 7.05 Å². The van der Waals surface area contributed by atoms with Gasteiger partial charge in [0.25, 0.3) is 6.43 Å². The number of benzene rings is 1. The number of hydrogen-bond acceptors (Lipinski definition) is 6. The number of hydrogen-bond donors (Lipinski definition) is 2. The van der Waals surface area contributed by atoms with Gasteiger partial charge in [0.1, 0.15) is 10.8 Å². The van der Waals surface area contributed by atoms with Gasteiger partial charge in [0.15, 0.2) is 12.0 Å². The molecular weight excluding hydrogens is 576 g/mol. The van der Waals surface area contributed by atoms with Crippen LogP contribution in [0.25, 0.3) is 11.1 Å². The minimum atomic E-state index is -2.56. The molecule has 1 aromatic carbocycles. The van der Waals surface area contributed by atoms with E-state index >= 15 is 0 Å². The second kappa shape index (κ2) is 9.25. The zero-order valence-corrected chi connectivity index (χ0v) is 21.5. The predicted molar refractivity (Wildman–Crippen MR) is 136 cm³/mol. The van der Waals surface area contributed by atoms with E-state index in [0.29, 0.717) is 17.2 Å². The predicted octanol–water partition coefficient (Wildman–Crippen LogP) is 6.68. The van der Waals surface area contributed by atoms with Gasteiger partial charge in [-0.05, 0) is 52.9 Å². The second-order valence-corrected chi connectivity index (χ2v) is 10.2. The van der Waals surface area contributed by atoms with Crippen LogP contribution in [0.15, 0.2) is 35.4 Å². The van der Waals surface area contributed by atoms with Crippen molar-refractivity contribution in [2.75, 3.05) is 21.6 Å². The summed E-state index contributed by atoms with van der Waals surface area (Å²) in [7, 11) is 1.91. The Morgan fingerprint density at radius 3 is 2.71 bits per heavy atom. The van der Waals surface area contributed by atoms with Gasteiger partial charge in [0.05, 0.1) is 17.6 Å². The number of aryl methyl sites for hydroxylation is 1. The Hall–Kier alpha value is -1.36. The first kappa shape index (κ1) is 22.8. The van der Waals surface area contributed by atoms with E-state index in [9.17, 15) is 8.78 Å². The lowest BCUT2D eigenvalue weighted by atomic mass is 10.1. The Labute approximate surface area is 202 Å². The molecule has 0 spiro atoms. The summed E-state index contributed by atoms with van der Waals surface area (Å²) in [6, 6.07) is 7.74. The maximum absolute atomic E-state index is 13.6. The number of rotatable bonds is 6. The van der Waals surface area contributed by atoms with E-state index in [1.807, 2.05) is 43.2 Å². The van der Waals surface area contributed by atoms with Gasteiger partial charge in [-0.2, -0.15) is 5.10 Å². The van der Waals surface area contributed by atoms with E-state index in [1.54, 1.807) is 22.5 Å². The fraction of sp³-hybridized carbons (Fsp3) is 0.263. The Kier molecular flexibility index (Phi) is 6.81. The highest BCUT2D eigenvalue weighted by molar-refractivity contribution is 14.2. The first-order valence-electron chi connectivity index (χ1n) is 9.18. The normalized spacial score (nSPS) is 15.7. The van der Waals surface area contributed by atoms with Gasteiger partial charge in [0.2, 0.25) is 0 Å². The fourth-order valence-electron chi connectivity index (χ4n) is 3.42. The van der Waals surface area contributed by atoms with Crippen molar-refractivity contribution in [1.82, 2.24) is 14.8 Å². The van der Waals surface area contributed by atoms with Gasteiger partial charge >= 0.3 is 0 Å². The lowest BCUT2D eigenvalue weighted by Crippen LogP contribution is -2.35. The van der Waals surface area contributed by atoms with Crippen LogP contribution in [0.4, 0.5) is 31.7 Å². The third-order valence-electron chi connectivity index (χ3n) is 5.11. The summed E-state index contributed by atoms with van der Waals surface area (Å²) >= 11 is 9.90. The smallest absolute Gasteiger partial charge is 0.277 e. The Morgan fingerprint density at radius 2 is 2.10 bits per heavy atom. The first-order chi connectivity index (χ1) is 14.8. The minimum absolute atomic E-state index is 0.0927. The Bertz CT molecular complexity index is 1130. The average molecular weight is 595 g/mol. The maximum atomic E-state index is 13.6. The van der Waals surface area contributed by atoms with E-state index in [1.165, 1.54) is 0 Å². The van der Waals surface area contributed by atoms with Gasteiger partial charge in [-0.1, -0.05) is 17.7 Å². The Morgan fingerprint density at radius 1 is 1.32 bits per heavy atom. The number of alkyl halides is 2. The molecule has 3 aromatic rings. The van der Waals surface area contributed by atoms with Crippen molar-refractivity contribution >= 4 is 74.7 Å². The van der Waals surface area contributed by atoms with E-state index in [-0.39, 0.29) is 11.5 Å². The largest absolute Gasteiger partial charge is 0.356 e. The highest BCUT2D eigenvalue weighted by Gasteiger charge is 2.38. The molecule has 1 aliphatic rings. The third-order valence-corrected chi connectivity index (χ3v) is 8.32. The molecule has 0 fully saturated rings. The summed E-state index contributed by atoms with van der Waals surface area (Å²) in [4.78, 5) is 5.30. The summed E-state index contributed by atoms with van der Waals surface area (Å²) in [5.74, 6) is 0.432. The van der Waals surface area contributed by atoms with Crippen molar-refractivity contribution in [3.05, 3.63) is 41.3 Å². The molecule has 0 bridgehead atoms. The summed E-state index contributed by atoms with van der Waals surface area (Å²) < 4.78 is 30.5. The standard InChI is InChI=1S/C19H19ClF2IN6PS/c1-9-11(8-24-28(9)2)10-4-5-12(14(6-10)31-3)25-13-7-15(20)26-18-16(13)27-19(17(21)22)29(18)30-23/h4-8,17,19,27,30H,1-3H3,(H,25,26). The molecule has 2 atom stereocenters. The van der Waals surface area contributed by atoms with Gasteiger partial charge in [-0.15, -0.1) is 11.8 Å². The van der Waals surface area contributed by atoms with E-state index in [2.05, 4.69) is 48.8 Å². The highest BCUT2D eigenvalue weighted by atomic mass is 127. The van der Waals surface area contributed by atoms with E-state index < -0.39 is 12.6 Å². The Balaban J connectivity index is 1.72. The zero-order chi connectivity index (χ0) is 22.3. The van der Waals surface area contributed by atoms with Gasteiger partial charge in [0, 0.05) is 35.6 Å². The lowest BCUT2D eigenvalue weighted by Gasteiger charge is -2.22. The van der Waals surface area contributed by atoms with Crippen LogP contribution in [0.5, 0.6) is 0 Å². The number of nitrogens with one attached hydrogen (secondary N) is 2. The van der Waals surface area contributed by atoms with Crippen LogP contribution in [0, 0.1) is 6.92 Å². The average Bonchev–Trinajstić information content (AvgIpc) is 3.28. The summed E-state index contributed by atoms with van der Waals surface area (Å²) in [5.41, 5.74) is 5.20. The minimum Gasteiger partial charge on any atom is -0.356 e. The molecule has 164 valence electrons. The molecule has 2 N–H and O–H groups in total. The summed E-state index contributed by atoms with van der Waals surface area (Å²) in [6.45, 7) is 2.03. The topological polar surface area (TPSA) is 58.0 Å². The number of thioether (sulfide) groups is 1. The molecule has 0 aliphatic carbocycles. The molecule has 3 heterocycles. The molecule has 6 nitrogen and oxygen atoms in total. The number of anilines is 4. The first-order valence-corrected chi connectivity index (χ1v) is 14.8. The zero-order valence-electron chi connectivity index (χ0n) is 16.8. The summed E-state index contributed by atoms with van der Waals surface area (Å²) in [6.07, 6.45) is 0.245. The molecule has 2 aromatic heterocycles. The van der Waals surface area contributed by atoms with Crippen LogP contribution in [0.2, 0.25) is 5.15 Å². The molecule has 0 saturated heterocycles. The van der Waals surface area contributed by atoms with Gasteiger partial charge in [-0.3, -0.25) is 4.68 Å². The van der Waals surface area contributed by atoms with Crippen LogP contribution in [-0.2, 0) is 7.05 Å². The summed E-state index contributed by atoms with van der Waals surface area (Å²) in [5, 5.41) is 10.8. The van der Waals surface area contributed by atoms with Crippen molar-refractivity contribution in [1.29, 1.82) is 0 Å². The van der Waals surface area contributed by atoms with Crippen LogP contribution in [-0.4, -0.2) is 33.6 Å². The van der Waals surface area contributed by atoms with Crippen molar-refractivity contribution in [3.8, 4) is 11.1 Å². The van der Waals surface area contributed by atoms with Crippen LogP contribution < -0.4 is 15.3 Å². The third kappa shape index (κ3) is 4.31. The molecule has 4 rings (SSSR count). The number of nitrogens with zero attached hydrogens (tertiary/aromatic N) is 4. The molecule has 0 radical (unpaired) electrons. The quantitative estimate of drug-likeness (QED) is 0.144. The second-order valence-electron chi connectivity index (χ2n) is 6.88. The molecular formula is C19H19ClF2IN6PS. The SMILES string of the molecule is CSc1cc(-c2cnn(C)c2C)ccc1Nc1cc(Cl)nc2c1NC(C(F)F)N2PI. The monoisotopic (exact) mass is 594 g/mol. The van der Waals surface area contributed by atoms with E-state index in [0.717, 1.165) is 27.4 Å². The fourth-order valence-corrected chi connectivity index (χ4v) is 6.30. The molecule has 0 amide bonds. The maximum Gasteiger partial charge on any atom is 0.277 e. The van der Waals surface area contributed by atoms with Crippen molar-refractivity contribution in [3.63, 3.8) is 0 Å². The van der Waals surface area contributed by atoms with Gasteiger partial charge < -0.3 is 15.3 Å². The van der Waals surface area contributed by atoms with Gasteiger partial charge in [-0.25, -0.2) is 13.8 Å². The van der Waals surface area contributed by atoms with Crippen LogP contribution in [0.1, 0.15) is 5.69 Å². The van der Waals surface area contributed by atoms with E-state index in [4.69, 9.17) is 11.6 Å². The lowest BCUT2D eigenvalue weighted by molar-refractivity contribution is 0.130. The van der Waals surface area contributed by atoms with Crippen LogP contribution >= 0.6 is 51.8 Å². The number of fused-ring (bicyclic) bond motifs is 1.